The lowest BCUT2D eigenvalue weighted by molar-refractivity contribution is 0.0810. The molecule has 0 spiro atoms. The van der Waals surface area contributed by atoms with Gasteiger partial charge in [-0.25, -0.2) is 0 Å². The molecule has 5 rings (SSSR count). The summed E-state index contributed by atoms with van der Waals surface area (Å²) in [4.78, 5) is 22.8. The summed E-state index contributed by atoms with van der Waals surface area (Å²) in [5.41, 5.74) is 4.89. The Morgan fingerprint density at radius 1 is 1.00 bits per heavy atom. The summed E-state index contributed by atoms with van der Waals surface area (Å²) in [6.45, 7) is 12.0. The van der Waals surface area contributed by atoms with Crippen LogP contribution in [0.4, 0.5) is 0 Å². The van der Waals surface area contributed by atoms with Crippen molar-refractivity contribution < 1.29 is 4.79 Å². The number of H-pyrrole nitrogens is 1. The number of hydrogen-bond acceptors (Lipinski definition) is 5. The Balaban J connectivity index is 1.30. The molecule has 0 unspecified atom stereocenters. The van der Waals surface area contributed by atoms with Gasteiger partial charge in [-0.05, 0) is 88.9 Å². The lowest BCUT2D eigenvalue weighted by Crippen LogP contribution is -2.50. The number of benzene rings is 1. The van der Waals surface area contributed by atoms with Crippen molar-refractivity contribution in [1.29, 1.82) is 0 Å². The number of hydrogen-bond donors (Lipinski definition) is 2. The van der Waals surface area contributed by atoms with E-state index in [1.54, 1.807) is 0 Å². The third-order valence-corrected chi connectivity index (χ3v) is 7.79. The Bertz CT molecular complexity index is 1180. The maximum atomic E-state index is 13.2. The molecule has 2 N–H and O–H groups in total. The lowest BCUT2D eigenvalue weighted by atomic mass is 9.98. The predicted octanol–water partition coefficient (Wildman–Crippen LogP) is 4.99. The van der Waals surface area contributed by atoms with Crippen LogP contribution in [0.3, 0.4) is 0 Å². The largest absolute Gasteiger partial charge is 0.348 e. The van der Waals surface area contributed by atoms with Crippen LogP contribution in [-0.2, 0) is 6.54 Å². The highest BCUT2D eigenvalue weighted by Gasteiger charge is 2.28. The van der Waals surface area contributed by atoms with Crippen molar-refractivity contribution in [3.63, 3.8) is 0 Å². The van der Waals surface area contributed by atoms with E-state index in [0.29, 0.717) is 5.69 Å². The standard InChI is InChI=1S/C29H40N6O/c1-29(2,3)35-14-10-24(11-15-35)31-28(36)27-25-17-22(8-9-26(25)32-33-27)23-16-21(18-30-19-23)20-34-12-6-4-5-7-13-34/h8-9,16-19,24H,4-7,10-15,20H2,1-3H3,(H,31,36)(H,32,33). The summed E-state index contributed by atoms with van der Waals surface area (Å²) >= 11 is 0. The van der Waals surface area contributed by atoms with Crippen LogP contribution in [0.25, 0.3) is 22.0 Å². The summed E-state index contributed by atoms with van der Waals surface area (Å²) in [5, 5.41) is 11.5. The summed E-state index contributed by atoms with van der Waals surface area (Å²) in [6.07, 6.45) is 11.1. The van der Waals surface area contributed by atoms with Crippen molar-refractivity contribution in [2.45, 2.75) is 77.4 Å². The van der Waals surface area contributed by atoms with Crippen molar-refractivity contribution >= 4 is 16.8 Å². The van der Waals surface area contributed by atoms with Crippen LogP contribution in [0.1, 0.15) is 75.3 Å². The molecule has 36 heavy (non-hydrogen) atoms. The fourth-order valence-electron chi connectivity index (χ4n) is 5.60. The first-order valence-electron chi connectivity index (χ1n) is 13.6. The number of aromatic amines is 1. The second-order valence-electron chi connectivity index (χ2n) is 11.5. The molecule has 0 aliphatic carbocycles. The first-order chi connectivity index (χ1) is 17.4. The van der Waals surface area contributed by atoms with Gasteiger partial charge in [0, 0.05) is 54.6 Å². The molecule has 0 radical (unpaired) electrons. The molecule has 2 fully saturated rings. The minimum absolute atomic E-state index is 0.0966. The molecule has 7 heteroatoms. The molecule has 0 bridgehead atoms. The quantitative estimate of drug-likeness (QED) is 0.529. The van der Waals surface area contributed by atoms with Crippen LogP contribution in [0.2, 0.25) is 0 Å². The molecule has 2 aliphatic rings. The van der Waals surface area contributed by atoms with Gasteiger partial charge in [0.05, 0.1) is 5.52 Å². The first-order valence-corrected chi connectivity index (χ1v) is 13.6. The van der Waals surface area contributed by atoms with Gasteiger partial charge in [-0.3, -0.25) is 24.7 Å². The van der Waals surface area contributed by atoms with Gasteiger partial charge in [0.15, 0.2) is 5.69 Å². The van der Waals surface area contributed by atoms with E-state index in [1.165, 1.54) is 44.3 Å². The molecule has 3 aromatic rings. The van der Waals surface area contributed by atoms with Crippen LogP contribution in [0.15, 0.2) is 36.7 Å². The van der Waals surface area contributed by atoms with Crippen LogP contribution in [0, 0.1) is 0 Å². The van der Waals surface area contributed by atoms with Crippen molar-refractivity contribution in [3.8, 4) is 11.1 Å². The molecule has 1 aromatic carbocycles. The molecule has 2 aromatic heterocycles. The van der Waals surface area contributed by atoms with Crippen LogP contribution in [-0.4, -0.2) is 68.6 Å². The third-order valence-electron chi connectivity index (χ3n) is 7.79. The number of pyridine rings is 1. The van der Waals surface area contributed by atoms with Gasteiger partial charge in [0.25, 0.3) is 5.91 Å². The summed E-state index contributed by atoms with van der Waals surface area (Å²) in [5.74, 6) is -0.0966. The zero-order valence-electron chi connectivity index (χ0n) is 22.0. The maximum absolute atomic E-state index is 13.2. The SMILES string of the molecule is CC(C)(C)N1CCC(NC(=O)c2n[nH]c3ccc(-c4cncc(CN5CCCCCC5)c4)cc23)CC1. The monoisotopic (exact) mass is 488 g/mol. The van der Waals surface area contributed by atoms with E-state index in [4.69, 9.17) is 0 Å². The number of rotatable bonds is 5. The number of carbonyl (C=O) groups excluding carboxylic acids is 1. The van der Waals surface area contributed by atoms with Gasteiger partial charge in [0.2, 0.25) is 0 Å². The van der Waals surface area contributed by atoms with Crippen LogP contribution in [0.5, 0.6) is 0 Å². The van der Waals surface area contributed by atoms with Gasteiger partial charge < -0.3 is 5.32 Å². The fraction of sp³-hybridized carbons (Fsp3) is 0.552. The summed E-state index contributed by atoms with van der Waals surface area (Å²) in [7, 11) is 0. The van der Waals surface area contributed by atoms with Gasteiger partial charge in [-0.1, -0.05) is 18.9 Å². The van der Waals surface area contributed by atoms with Crippen molar-refractivity contribution in [2.75, 3.05) is 26.2 Å². The van der Waals surface area contributed by atoms with Crippen molar-refractivity contribution in [3.05, 3.63) is 47.9 Å². The number of amides is 1. The second kappa shape index (κ2) is 10.7. The lowest BCUT2D eigenvalue weighted by Gasteiger charge is -2.40. The molecule has 7 nitrogen and oxygen atoms in total. The van der Waals surface area contributed by atoms with E-state index in [2.05, 4.69) is 69.3 Å². The normalized spacial score (nSPS) is 18.9. The predicted molar refractivity (Wildman–Crippen MR) is 145 cm³/mol. The number of fused-ring (bicyclic) bond motifs is 1. The smallest absolute Gasteiger partial charge is 0.272 e. The molecular weight excluding hydrogens is 448 g/mol. The first kappa shape index (κ1) is 24.9. The molecule has 2 aliphatic heterocycles. The number of likely N-dealkylation sites (tertiary alicyclic amines) is 2. The molecule has 192 valence electrons. The third kappa shape index (κ3) is 5.79. The Morgan fingerprint density at radius 2 is 1.75 bits per heavy atom. The fourth-order valence-corrected chi connectivity index (χ4v) is 5.60. The minimum atomic E-state index is -0.0966. The van der Waals surface area contributed by atoms with Crippen LogP contribution >= 0.6 is 0 Å². The van der Waals surface area contributed by atoms with E-state index >= 15 is 0 Å². The zero-order chi connectivity index (χ0) is 25.1. The maximum Gasteiger partial charge on any atom is 0.272 e. The van der Waals surface area contributed by atoms with Gasteiger partial charge in [-0.15, -0.1) is 0 Å². The molecule has 1 amide bonds. The highest BCUT2D eigenvalue weighted by atomic mass is 16.2. The van der Waals surface area contributed by atoms with Gasteiger partial charge >= 0.3 is 0 Å². The van der Waals surface area contributed by atoms with Crippen molar-refractivity contribution in [2.24, 2.45) is 0 Å². The van der Waals surface area contributed by atoms with E-state index in [9.17, 15) is 4.79 Å². The second-order valence-corrected chi connectivity index (χ2v) is 11.5. The molecular formula is C29H40N6O. The number of nitrogens with one attached hydrogen (secondary N) is 2. The average Bonchev–Trinajstić information content (AvgIpc) is 3.12. The van der Waals surface area contributed by atoms with E-state index in [1.807, 2.05) is 18.5 Å². The number of aromatic nitrogens is 3. The highest BCUT2D eigenvalue weighted by molar-refractivity contribution is 6.05. The minimum Gasteiger partial charge on any atom is -0.348 e. The Morgan fingerprint density at radius 3 is 2.47 bits per heavy atom. The van der Waals surface area contributed by atoms with E-state index in [-0.39, 0.29) is 17.5 Å². The number of carbonyl (C=O) groups is 1. The molecule has 0 atom stereocenters. The average molecular weight is 489 g/mol. The highest BCUT2D eigenvalue weighted by Crippen LogP contribution is 2.27. The molecule has 0 saturated carbocycles. The molecule has 4 heterocycles. The number of piperidine rings is 1. The summed E-state index contributed by atoms with van der Waals surface area (Å²) in [6, 6.07) is 8.59. The summed E-state index contributed by atoms with van der Waals surface area (Å²) < 4.78 is 0. The Hall–Kier alpha value is -2.77. The van der Waals surface area contributed by atoms with Gasteiger partial charge in [0.1, 0.15) is 0 Å². The van der Waals surface area contributed by atoms with E-state index in [0.717, 1.165) is 54.5 Å². The van der Waals surface area contributed by atoms with Crippen LogP contribution < -0.4 is 5.32 Å². The Kier molecular flexibility index (Phi) is 7.39. The number of nitrogens with zero attached hydrogens (tertiary/aromatic N) is 4. The van der Waals surface area contributed by atoms with Gasteiger partial charge in [-0.2, -0.15) is 5.10 Å². The zero-order valence-corrected chi connectivity index (χ0v) is 22.0. The van der Waals surface area contributed by atoms with Crippen molar-refractivity contribution in [1.82, 2.24) is 30.3 Å². The Labute approximate surface area is 214 Å². The molecule has 2 saturated heterocycles. The van der Waals surface area contributed by atoms with E-state index < -0.39 is 0 Å². The topological polar surface area (TPSA) is 77.1 Å².